The van der Waals surface area contributed by atoms with Crippen LogP contribution in [0.4, 0.5) is 8.78 Å². The fourth-order valence-electron chi connectivity index (χ4n) is 2.80. The number of nitrogens with one attached hydrogen (secondary N) is 1. The van der Waals surface area contributed by atoms with E-state index in [9.17, 15) is 18.4 Å². The monoisotopic (exact) mass is 335 g/mol. The maximum Gasteiger partial charge on any atom is 0.325 e. The molecule has 1 atom stereocenters. The number of carboxylic acid groups (broad SMARTS) is 1. The molecule has 0 radical (unpaired) electrons. The number of amides is 1. The number of benzene rings is 1. The topological polar surface area (TPSA) is 84.2 Å². The molecule has 24 heavy (non-hydrogen) atoms. The van der Waals surface area contributed by atoms with E-state index in [0.29, 0.717) is 24.1 Å². The van der Waals surface area contributed by atoms with E-state index in [4.69, 9.17) is 5.11 Å². The SMILES string of the molecule is C[C@H](NC(=O)c1nn(-c2cccc(F)c2F)c2c1CCC2)C(=O)O. The number of aliphatic carboxylic acids is 1. The third-order valence-electron chi connectivity index (χ3n) is 4.02. The third-order valence-corrected chi connectivity index (χ3v) is 4.02. The number of hydrogen-bond acceptors (Lipinski definition) is 3. The largest absolute Gasteiger partial charge is 0.480 e. The summed E-state index contributed by atoms with van der Waals surface area (Å²) in [6.45, 7) is 1.34. The van der Waals surface area contributed by atoms with Gasteiger partial charge in [0, 0.05) is 11.3 Å². The molecule has 0 fully saturated rings. The minimum Gasteiger partial charge on any atom is -0.480 e. The molecule has 1 aromatic carbocycles. The van der Waals surface area contributed by atoms with Gasteiger partial charge in [-0.1, -0.05) is 6.07 Å². The average Bonchev–Trinajstić information content (AvgIpc) is 3.12. The molecular formula is C16H15F2N3O3. The number of carboxylic acids is 1. The predicted molar refractivity (Wildman–Crippen MR) is 80.1 cm³/mol. The van der Waals surface area contributed by atoms with Gasteiger partial charge in [0.1, 0.15) is 11.7 Å². The lowest BCUT2D eigenvalue weighted by molar-refractivity contribution is -0.138. The van der Waals surface area contributed by atoms with Crippen LogP contribution in [-0.4, -0.2) is 32.8 Å². The highest BCUT2D eigenvalue weighted by Gasteiger charge is 2.29. The van der Waals surface area contributed by atoms with Gasteiger partial charge in [-0.25, -0.2) is 13.5 Å². The number of rotatable bonds is 4. The highest BCUT2D eigenvalue weighted by atomic mass is 19.2. The Morgan fingerprint density at radius 1 is 1.33 bits per heavy atom. The van der Waals surface area contributed by atoms with Gasteiger partial charge in [-0.15, -0.1) is 0 Å². The highest BCUT2D eigenvalue weighted by molar-refractivity contribution is 5.96. The van der Waals surface area contributed by atoms with E-state index in [1.165, 1.54) is 23.7 Å². The summed E-state index contributed by atoms with van der Waals surface area (Å²) in [6.07, 6.45) is 1.93. The molecule has 0 unspecified atom stereocenters. The Morgan fingerprint density at radius 2 is 2.08 bits per heavy atom. The molecule has 1 amide bonds. The minimum atomic E-state index is -1.17. The van der Waals surface area contributed by atoms with Gasteiger partial charge in [0.05, 0.1) is 0 Å². The average molecular weight is 335 g/mol. The van der Waals surface area contributed by atoms with Crippen LogP contribution < -0.4 is 5.32 Å². The van der Waals surface area contributed by atoms with Gasteiger partial charge < -0.3 is 10.4 Å². The zero-order valence-corrected chi connectivity index (χ0v) is 12.8. The van der Waals surface area contributed by atoms with Gasteiger partial charge >= 0.3 is 5.97 Å². The molecule has 6 nitrogen and oxygen atoms in total. The molecule has 0 aliphatic heterocycles. The molecule has 3 rings (SSSR count). The molecule has 1 aromatic heterocycles. The highest BCUT2D eigenvalue weighted by Crippen LogP contribution is 2.29. The maximum atomic E-state index is 14.1. The molecule has 1 heterocycles. The first kappa shape index (κ1) is 16.1. The van der Waals surface area contributed by atoms with Crippen LogP contribution in [0.5, 0.6) is 0 Å². The Hall–Kier alpha value is -2.77. The lowest BCUT2D eigenvalue weighted by Crippen LogP contribution is -2.38. The van der Waals surface area contributed by atoms with E-state index in [2.05, 4.69) is 10.4 Å². The summed E-state index contributed by atoms with van der Waals surface area (Å²) in [5.74, 6) is -3.85. The molecule has 0 bridgehead atoms. The summed E-state index contributed by atoms with van der Waals surface area (Å²) >= 11 is 0. The van der Waals surface area contributed by atoms with Crippen molar-refractivity contribution in [3.63, 3.8) is 0 Å². The molecule has 8 heteroatoms. The second kappa shape index (κ2) is 6.03. The van der Waals surface area contributed by atoms with Crippen molar-refractivity contribution in [2.45, 2.75) is 32.2 Å². The van der Waals surface area contributed by atoms with Crippen LogP contribution in [0, 0.1) is 11.6 Å². The van der Waals surface area contributed by atoms with Crippen molar-refractivity contribution in [3.05, 3.63) is 46.8 Å². The zero-order chi connectivity index (χ0) is 17.4. The van der Waals surface area contributed by atoms with E-state index < -0.39 is 29.6 Å². The van der Waals surface area contributed by atoms with E-state index in [0.717, 1.165) is 12.5 Å². The van der Waals surface area contributed by atoms with Crippen LogP contribution in [0.2, 0.25) is 0 Å². The van der Waals surface area contributed by atoms with Gasteiger partial charge in [-0.2, -0.15) is 5.10 Å². The summed E-state index contributed by atoms with van der Waals surface area (Å²) in [6, 6.07) is 2.67. The van der Waals surface area contributed by atoms with E-state index in [-0.39, 0.29) is 11.4 Å². The van der Waals surface area contributed by atoms with Gasteiger partial charge in [-0.05, 0) is 38.3 Å². The quantitative estimate of drug-likeness (QED) is 0.893. The normalized spacial score (nSPS) is 14.3. The van der Waals surface area contributed by atoms with Crippen LogP contribution in [0.15, 0.2) is 18.2 Å². The van der Waals surface area contributed by atoms with Gasteiger partial charge in [0.2, 0.25) is 0 Å². The lowest BCUT2D eigenvalue weighted by Gasteiger charge is -2.08. The Labute approximate surface area is 136 Å². The number of fused-ring (bicyclic) bond motifs is 1. The number of halogens is 2. The first-order valence-electron chi connectivity index (χ1n) is 7.49. The molecule has 0 saturated heterocycles. The van der Waals surface area contributed by atoms with Crippen LogP contribution in [0.3, 0.4) is 0 Å². The molecular weight excluding hydrogens is 320 g/mol. The summed E-state index contributed by atoms with van der Waals surface area (Å²) < 4.78 is 28.8. The molecule has 2 aromatic rings. The number of carbonyl (C=O) groups excluding carboxylic acids is 1. The van der Waals surface area contributed by atoms with Gasteiger partial charge in [0.15, 0.2) is 17.3 Å². The Bertz CT molecular complexity index is 832. The number of carbonyl (C=O) groups is 2. The van der Waals surface area contributed by atoms with E-state index >= 15 is 0 Å². The predicted octanol–water partition coefficient (Wildman–Crippen LogP) is 1.84. The van der Waals surface area contributed by atoms with Crippen molar-refractivity contribution in [1.82, 2.24) is 15.1 Å². The number of nitrogens with zero attached hydrogens (tertiary/aromatic N) is 2. The number of aromatic nitrogens is 2. The van der Waals surface area contributed by atoms with Crippen molar-refractivity contribution in [1.29, 1.82) is 0 Å². The van der Waals surface area contributed by atoms with E-state index in [1.54, 1.807) is 0 Å². The van der Waals surface area contributed by atoms with Crippen molar-refractivity contribution in [2.75, 3.05) is 0 Å². The molecule has 1 aliphatic carbocycles. The van der Waals surface area contributed by atoms with Gasteiger partial charge in [-0.3, -0.25) is 9.59 Å². The summed E-state index contributed by atoms with van der Waals surface area (Å²) in [4.78, 5) is 23.2. The Kier molecular flexibility index (Phi) is 4.04. The van der Waals surface area contributed by atoms with Crippen molar-refractivity contribution >= 4 is 11.9 Å². The molecule has 126 valence electrons. The first-order chi connectivity index (χ1) is 11.4. The van der Waals surface area contributed by atoms with Crippen LogP contribution in [0.1, 0.15) is 35.1 Å². The summed E-state index contributed by atoms with van der Waals surface area (Å²) in [5.41, 5.74) is 1.28. The van der Waals surface area contributed by atoms with Gasteiger partial charge in [0.25, 0.3) is 5.91 Å². The second-order valence-electron chi connectivity index (χ2n) is 5.65. The lowest BCUT2D eigenvalue weighted by atomic mass is 10.2. The smallest absolute Gasteiger partial charge is 0.325 e. The molecule has 0 saturated carbocycles. The van der Waals surface area contributed by atoms with E-state index in [1.807, 2.05) is 0 Å². The Balaban J connectivity index is 2.04. The maximum absolute atomic E-state index is 14.1. The molecule has 0 spiro atoms. The minimum absolute atomic E-state index is 0.0549. The number of hydrogen-bond donors (Lipinski definition) is 2. The summed E-state index contributed by atoms with van der Waals surface area (Å²) in [5, 5.41) is 15.3. The van der Waals surface area contributed by atoms with Crippen molar-refractivity contribution in [3.8, 4) is 5.69 Å². The van der Waals surface area contributed by atoms with Crippen molar-refractivity contribution in [2.24, 2.45) is 0 Å². The summed E-state index contributed by atoms with van der Waals surface area (Å²) in [7, 11) is 0. The van der Waals surface area contributed by atoms with Crippen LogP contribution in [-0.2, 0) is 17.6 Å². The third kappa shape index (κ3) is 2.64. The zero-order valence-electron chi connectivity index (χ0n) is 12.8. The van der Waals surface area contributed by atoms with Crippen molar-refractivity contribution < 1.29 is 23.5 Å². The van der Waals surface area contributed by atoms with Crippen LogP contribution >= 0.6 is 0 Å². The standard InChI is InChI=1S/C16H15F2N3O3/c1-8(16(23)24)19-15(22)14-9-4-2-6-11(9)21(20-14)12-7-3-5-10(17)13(12)18/h3,5,7-8H,2,4,6H2,1H3,(H,19,22)(H,23,24)/t8-/m0/s1. The van der Waals surface area contributed by atoms with Crippen LogP contribution in [0.25, 0.3) is 5.69 Å². The Morgan fingerprint density at radius 3 is 2.79 bits per heavy atom. The second-order valence-corrected chi connectivity index (χ2v) is 5.65. The fourth-order valence-corrected chi connectivity index (χ4v) is 2.80. The molecule has 1 aliphatic rings. The molecule has 2 N–H and O–H groups in total. The first-order valence-corrected chi connectivity index (χ1v) is 7.49. The fraction of sp³-hybridized carbons (Fsp3) is 0.312.